The monoisotopic (exact) mass is 355 g/mol. The highest BCUT2D eigenvalue weighted by Gasteiger charge is 2.30. The second kappa shape index (κ2) is 7.00. The van der Waals surface area contributed by atoms with Crippen molar-refractivity contribution in [2.45, 2.75) is 36.9 Å². The minimum absolute atomic E-state index is 0.0666. The van der Waals surface area contributed by atoms with E-state index in [-0.39, 0.29) is 19.2 Å². The molecule has 0 saturated carbocycles. The van der Waals surface area contributed by atoms with E-state index < -0.39 is 10.0 Å². The summed E-state index contributed by atoms with van der Waals surface area (Å²) >= 11 is 4.46. The Morgan fingerprint density at radius 2 is 2.00 bits per heavy atom. The van der Waals surface area contributed by atoms with E-state index in [1.807, 2.05) is 13.8 Å². The van der Waals surface area contributed by atoms with Crippen LogP contribution in [0, 0.1) is 0 Å². The lowest BCUT2D eigenvalue weighted by atomic mass is 10.2. The molecule has 0 unspecified atom stereocenters. The Morgan fingerprint density at radius 1 is 1.39 bits per heavy atom. The van der Waals surface area contributed by atoms with Gasteiger partial charge >= 0.3 is 0 Å². The highest BCUT2D eigenvalue weighted by atomic mass is 79.9. The third-order valence-electron chi connectivity index (χ3n) is 2.78. The molecule has 1 rings (SSSR count). The van der Waals surface area contributed by atoms with Crippen molar-refractivity contribution in [1.82, 2.24) is 4.31 Å². The molecule has 104 valence electrons. The molecule has 0 atom stereocenters. The molecular formula is C11H18BrNO3S2. The first-order valence-corrected chi connectivity index (χ1v) is 8.90. The Bertz CT molecular complexity index is 468. The van der Waals surface area contributed by atoms with E-state index in [4.69, 9.17) is 5.11 Å². The standard InChI is InChI=1S/C11H18BrNO3S2/c1-3-9(4-2)13(7-8-14)18(15,16)11-6-5-10(12)17-11/h5-6,9,14H,3-4,7-8H2,1-2H3. The molecule has 1 aromatic rings. The third kappa shape index (κ3) is 3.54. The summed E-state index contributed by atoms with van der Waals surface area (Å²) in [4.78, 5) is 0. The van der Waals surface area contributed by atoms with Crippen LogP contribution in [0.2, 0.25) is 0 Å². The summed E-state index contributed by atoms with van der Waals surface area (Å²) in [6.07, 6.45) is 1.48. The molecule has 7 heteroatoms. The number of nitrogens with zero attached hydrogens (tertiary/aromatic N) is 1. The van der Waals surface area contributed by atoms with E-state index in [0.29, 0.717) is 4.21 Å². The van der Waals surface area contributed by atoms with Crippen LogP contribution < -0.4 is 0 Å². The molecule has 1 N–H and O–H groups in total. The van der Waals surface area contributed by atoms with Crippen molar-refractivity contribution in [1.29, 1.82) is 0 Å². The van der Waals surface area contributed by atoms with Crippen molar-refractivity contribution in [3.05, 3.63) is 15.9 Å². The lowest BCUT2D eigenvalue weighted by Gasteiger charge is -2.28. The molecule has 1 heterocycles. The van der Waals surface area contributed by atoms with Crippen molar-refractivity contribution >= 4 is 37.3 Å². The number of aliphatic hydroxyl groups excluding tert-OH is 1. The number of halogens is 1. The van der Waals surface area contributed by atoms with Gasteiger partial charge in [-0.25, -0.2) is 8.42 Å². The largest absolute Gasteiger partial charge is 0.395 e. The molecule has 1 aromatic heterocycles. The van der Waals surface area contributed by atoms with Crippen LogP contribution in [0.3, 0.4) is 0 Å². The molecule has 0 bridgehead atoms. The Morgan fingerprint density at radius 3 is 2.39 bits per heavy atom. The molecule has 0 radical (unpaired) electrons. The van der Waals surface area contributed by atoms with Crippen molar-refractivity contribution in [2.24, 2.45) is 0 Å². The number of hydrogen-bond acceptors (Lipinski definition) is 4. The zero-order valence-corrected chi connectivity index (χ0v) is 13.7. The van der Waals surface area contributed by atoms with Crippen LogP contribution >= 0.6 is 27.3 Å². The van der Waals surface area contributed by atoms with Crippen LogP contribution in [0.5, 0.6) is 0 Å². The number of aliphatic hydroxyl groups is 1. The summed E-state index contributed by atoms with van der Waals surface area (Å²) in [6.45, 7) is 3.89. The minimum atomic E-state index is -3.50. The SMILES string of the molecule is CCC(CC)N(CCO)S(=O)(=O)c1ccc(Br)s1. The zero-order chi connectivity index (χ0) is 13.8. The Hall–Kier alpha value is 0.0500. The Balaban J connectivity index is 3.11. The van der Waals surface area contributed by atoms with E-state index in [0.717, 1.165) is 16.6 Å². The van der Waals surface area contributed by atoms with Gasteiger partial charge in [0.05, 0.1) is 10.4 Å². The van der Waals surface area contributed by atoms with E-state index >= 15 is 0 Å². The summed E-state index contributed by atoms with van der Waals surface area (Å²) in [7, 11) is -3.50. The lowest BCUT2D eigenvalue weighted by Crippen LogP contribution is -2.41. The number of rotatable bonds is 7. The smallest absolute Gasteiger partial charge is 0.252 e. The zero-order valence-electron chi connectivity index (χ0n) is 10.5. The minimum Gasteiger partial charge on any atom is -0.395 e. The van der Waals surface area contributed by atoms with Gasteiger partial charge in [0.2, 0.25) is 0 Å². The number of thiophene rings is 1. The summed E-state index contributed by atoms with van der Waals surface area (Å²) in [5.41, 5.74) is 0. The van der Waals surface area contributed by atoms with Gasteiger partial charge in [0.15, 0.2) is 0 Å². The molecule has 0 aliphatic rings. The van der Waals surface area contributed by atoms with Crippen molar-refractivity contribution in [3.63, 3.8) is 0 Å². The second-order valence-corrected chi connectivity index (χ2v) is 8.45. The van der Waals surface area contributed by atoms with E-state index in [1.54, 1.807) is 12.1 Å². The first-order chi connectivity index (χ1) is 8.47. The van der Waals surface area contributed by atoms with Gasteiger partial charge in [0.25, 0.3) is 10.0 Å². The maximum absolute atomic E-state index is 12.5. The Kier molecular flexibility index (Phi) is 6.26. The Labute approximate surface area is 121 Å². The molecule has 0 spiro atoms. The third-order valence-corrected chi connectivity index (χ3v) is 6.82. The molecule has 0 aromatic carbocycles. The van der Waals surface area contributed by atoms with E-state index in [1.165, 1.54) is 15.6 Å². The first kappa shape index (κ1) is 16.1. The average Bonchev–Trinajstić information content (AvgIpc) is 2.77. The second-order valence-electron chi connectivity index (χ2n) is 3.87. The molecule has 0 amide bonds. The van der Waals surface area contributed by atoms with Crippen LogP contribution in [0.1, 0.15) is 26.7 Å². The van der Waals surface area contributed by atoms with Gasteiger partial charge in [0.1, 0.15) is 4.21 Å². The topological polar surface area (TPSA) is 57.6 Å². The summed E-state index contributed by atoms with van der Waals surface area (Å²) in [5, 5.41) is 9.08. The predicted octanol–water partition coefficient (Wildman–Crippen LogP) is 2.68. The van der Waals surface area contributed by atoms with Gasteiger partial charge < -0.3 is 5.11 Å². The van der Waals surface area contributed by atoms with Crippen LogP contribution in [0.25, 0.3) is 0 Å². The maximum atomic E-state index is 12.5. The van der Waals surface area contributed by atoms with Crippen molar-refractivity contribution in [2.75, 3.05) is 13.2 Å². The molecule has 4 nitrogen and oxygen atoms in total. The van der Waals surface area contributed by atoms with Crippen LogP contribution in [-0.2, 0) is 10.0 Å². The van der Waals surface area contributed by atoms with Gasteiger partial charge in [-0.2, -0.15) is 4.31 Å². The first-order valence-electron chi connectivity index (χ1n) is 5.85. The summed E-state index contributed by atoms with van der Waals surface area (Å²) < 4.78 is 27.5. The maximum Gasteiger partial charge on any atom is 0.252 e. The molecule has 0 fully saturated rings. The molecule has 0 aliphatic heterocycles. The molecule has 18 heavy (non-hydrogen) atoms. The van der Waals surface area contributed by atoms with Gasteiger partial charge in [-0.15, -0.1) is 11.3 Å². The normalized spacial score (nSPS) is 12.6. The molecular weight excluding hydrogens is 338 g/mol. The average molecular weight is 356 g/mol. The number of hydrogen-bond donors (Lipinski definition) is 1. The van der Waals surface area contributed by atoms with Crippen molar-refractivity contribution < 1.29 is 13.5 Å². The van der Waals surface area contributed by atoms with Gasteiger partial charge in [-0.3, -0.25) is 0 Å². The predicted molar refractivity (Wildman–Crippen MR) is 77.4 cm³/mol. The van der Waals surface area contributed by atoms with Gasteiger partial charge in [-0.1, -0.05) is 13.8 Å². The van der Waals surface area contributed by atoms with Crippen LogP contribution in [0.4, 0.5) is 0 Å². The van der Waals surface area contributed by atoms with E-state index in [9.17, 15) is 8.42 Å². The number of sulfonamides is 1. The summed E-state index contributed by atoms with van der Waals surface area (Å²) in [6, 6.07) is 3.25. The fraction of sp³-hybridized carbons (Fsp3) is 0.636. The van der Waals surface area contributed by atoms with Crippen LogP contribution in [-0.4, -0.2) is 37.0 Å². The fourth-order valence-corrected chi connectivity index (χ4v) is 5.75. The van der Waals surface area contributed by atoms with Crippen LogP contribution in [0.15, 0.2) is 20.1 Å². The highest BCUT2D eigenvalue weighted by Crippen LogP contribution is 2.30. The van der Waals surface area contributed by atoms with Gasteiger partial charge in [-0.05, 0) is 40.9 Å². The molecule has 0 aliphatic carbocycles. The molecule has 0 saturated heterocycles. The van der Waals surface area contributed by atoms with Crippen molar-refractivity contribution in [3.8, 4) is 0 Å². The van der Waals surface area contributed by atoms with E-state index in [2.05, 4.69) is 15.9 Å². The quantitative estimate of drug-likeness (QED) is 0.817. The van der Waals surface area contributed by atoms with Gasteiger partial charge in [0, 0.05) is 12.6 Å². The highest BCUT2D eigenvalue weighted by molar-refractivity contribution is 9.11. The fourth-order valence-electron chi connectivity index (χ4n) is 1.85. The summed E-state index contributed by atoms with van der Waals surface area (Å²) in [5.74, 6) is 0. The lowest BCUT2D eigenvalue weighted by molar-refractivity contribution is 0.220.